The Morgan fingerprint density at radius 2 is 1.93 bits per heavy atom. The van der Waals surface area contributed by atoms with Crippen LogP contribution in [-0.2, 0) is 6.54 Å². The van der Waals surface area contributed by atoms with Gasteiger partial charge in [0.2, 0.25) is 11.7 Å². The summed E-state index contributed by atoms with van der Waals surface area (Å²) in [4.78, 5) is 16.2. The van der Waals surface area contributed by atoms with Crippen molar-refractivity contribution in [3.63, 3.8) is 0 Å². The highest BCUT2D eigenvalue weighted by molar-refractivity contribution is 5.95. The molecule has 1 amide bonds. The molecule has 2 N–H and O–H groups in total. The highest BCUT2D eigenvalue weighted by Gasteiger charge is 2.28. The maximum Gasteiger partial charge on any atom is 0.405 e. The molecule has 1 heterocycles. The van der Waals surface area contributed by atoms with Crippen LogP contribution in [0.5, 0.6) is 0 Å². The van der Waals surface area contributed by atoms with Crippen LogP contribution in [0.2, 0.25) is 0 Å². The van der Waals surface area contributed by atoms with E-state index in [2.05, 4.69) is 15.5 Å². The van der Waals surface area contributed by atoms with E-state index in [1.807, 2.05) is 31.2 Å². The Morgan fingerprint density at radius 1 is 1.17 bits per heavy atom. The Balaban J connectivity index is 1.72. The average molecular weight is 422 g/mol. The molecule has 1 aromatic heterocycles. The lowest BCUT2D eigenvalue weighted by molar-refractivity contribution is -0.123. The van der Waals surface area contributed by atoms with E-state index in [1.54, 1.807) is 5.32 Å². The van der Waals surface area contributed by atoms with Gasteiger partial charge in [-0.3, -0.25) is 4.79 Å². The van der Waals surface area contributed by atoms with Crippen molar-refractivity contribution in [2.24, 2.45) is 0 Å². The Hall–Kier alpha value is -3.43. The fraction of sp³-hybridized carbons (Fsp3) is 0.250. The molecule has 0 aliphatic heterocycles. The van der Waals surface area contributed by atoms with Crippen LogP contribution in [0, 0.1) is 19.7 Å². The maximum absolute atomic E-state index is 14.2. The third-order valence-corrected chi connectivity index (χ3v) is 4.23. The zero-order chi connectivity index (χ0) is 21.9. The Morgan fingerprint density at radius 3 is 2.63 bits per heavy atom. The maximum atomic E-state index is 14.2. The summed E-state index contributed by atoms with van der Waals surface area (Å²) in [6, 6.07) is 9.67. The number of nitrogens with zero attached hydrogens (tertiary/aromatic N) is 2. The lowest BCUT2D eigenvalue weighted by atomic mass is 10.1. The molecule has 0 atom stereocenters. The van der Waals surface area contributed by atoms with Crippen molar-refractivity contribution in [2.45, 2.75) is 26.6 Å². The van der Waals surface area contributed by atoms with Crippen LogP contribution in [0.15, 0.2) is 40.9 Å². The number of rotatable bonds is 6. The number of halogens is 4. The normalized spacial score (nSPS) is 11.4. The predicted molar refractivity (Wildman–Crippen MR) is 101 cm³/mol. The Bertz CT molecular complexity index is 1060. The number of anilines is 1. The summed E-state index contributed by atoms with van der Waals surface area (Å²) in [6.07, 6.45) is -4.56. The highest BCUT2D eigenvalue weighted by Crippen LogP contribution is 2.23. The minimum atomic E-state index is -4.56. The topological polar surface area (TPSA) is 80.0 Å². The van der Waals surface area contributed by atoms with E-state index in [-0.39, 0.29) is 29.2 Å². The summed E-state index contributed by atoms with van der Waals surface area (Å²) in [5, 5.41) is 8.49. The number of carbonyl (C=O) groups is 1. The smallest absolute Gasteiger partial charge is 0.376 e. The van der Waals surface area contributed by atoms with Gasteiger partial charge in [-0.05, 0) is 32.0 Å². The van der Waals surface area contributed by atoms with Gasteiger partial charge in [0.15, 0.2) is 0 Å². The molecule has 0 spiro atoms. The molecule has 0 saturated carbocycles. The van der Waals surface area contributed by atoms with Gasteiger partial charge >= 0.3 is 6.18 Å². The van der Waals surface area contributed by atoms with E-state index < -0.39 is 24.4 Å². The van der Waals surface area contributed by atoms with E-state index in [4.69, 9.17) is 4.52 Å². The van der Waals surface area contributed by atoms with Crippen LogP contribution >= 0.6 is 0 Å². The fourth-order valence-electron chi connectivity index (χ4n) is 2.68. The molecule has 3 rings (SSSR count). The molecule has 2 aromatic carbocycles. The van der Waals surface area contributed by atoms with Crippen LogP contribution in [0.3, 0.4) is 0 Å². The van der Waals surface area contributed by atoms with Gasteiger partial charge in [0.05, 0.1) is 6.54 Å². The van der Waals surface area contributed by atoms with Crippen molar-refractivity contribution >= 4 is 11.6 Å². The first-order chi connectivity index (χ1) is 14.1. The molecular formula is C20H18F4N4O2. The molecule has 0 radical (unpaired) electrons. The van der Waals surface area contributed by atoms with Crippen LogP contribution in [0.25, 0.3) is 11.4 Å². The molecule has 30 heavy (non-hydrogen) atoms. The van der Waals surface area contributed by atoms with Crippen molar-refractivity contribution in [3.8, 4) is 11.4 Å². The molecule has 0 saturated heterocycles. The second-order valence-corrected chi connectivity index (χ2v) is 6.66. The first-order valence-corrected chi connectivity index (χ1v) is 8.91. The van der Waals surface area contributed by atoms with Crippen LogP contribution in [0.4, 0.5) is 23.2 Å². The van der Waals surface area contributed by atoms with Gasteiger partial charge in [-0.25, -0.2) is 4.39 Å². The monoisotopic (exact) mass is 422 g/mol. The van der Waals surface area contributed by atoms with Gasteiger partial charge in [-0.15, -0.1) is 0 Å². The molecule has 0 unspecified atom stereocenters. The van der Waals surface area contributed by atoms with Gasteiger partial charge < -0.3 is 15.2 Å². The molecule has 0 aliphatic carbocycles. The molecule has 158 valence electrons. The molecule has 0 bridgehead atoms. The van der Waals surface area contributed by atoms with Crippen LogP contribution in [0.1, 0.15) is 27.4 Å². The van der Waals surface area contributed by atoms with Crippen molar-refractivity contribution < 1.29 is 26.9 Å². The molecule has 0 fully saturated rings. The second-order valence-electron chi connectivity index (χ2n) is 6.66. The Kier molecular flexibility index (Phi) is 6.04. The van der Waals surface area contributed by atoms with Crippen molar-refractivity contribution in [2.75, 3.05) is 11.9 Å². The molecule has 6 nitrogen and oxygen atoms in total. The fourth-order valence-corrected chi connectivity index (χ4v) is 2.68. The Labute approximate surface area is 169 Å². The zero-order valence-corrected chi connectivity index (χ0v) is 16.1. The second kappa shape index (κ2) is 8.52. The van der Waals surface area contributed by atoms with Crippen LogP contribution in [-0.4, -0.2) is 28.8 Å². The van der Waals surface area contributed by atoms with Crippen molar-refractivity contribution in [3.05, 3.63) is 64.8 Å². The third-order valence-electron chi connectivity index (χ3n) is 4.23. The first kappa shape index (κ1) is 21.3. The van der Waals surface area contributed by atoms with Gasteiger partial charge in [-0.1, -0.05) is 28.9 Å². The largest absolute Gasteiger partial charge is 0.405 e. The van der Waals surface area contributed by atoms with Gasteiger partial charge in [0, 0.05) is 22.4 Å². The number of amides is 1. The summed E-state index contributed by atoms with van der Waals surface area (Å²) < 4.78 is 56.2. The van der Waals surface area contributed by atoms with E-state index in [1.165, 1.54) is 13.0 Å². The summed E-state index contributed by atoms with van der Waals surface area (Å²) in [6.45, 7) is 1.93. The molecular weight excluding hydrogens is 404 g/mol. The summed E-state index contributed by atoms with van der Waals surface area (Å²) in [5.41, 5.74) is 1.98. The van der Waals surface area contributed by atoms with Crippen molar-refractivity contribution in [1.82, 2.24) is 15.5 Å². The minimum absolute atomic E-state index is 0.0344. The first-order valence-electron chi connectivity index (χ1n) is 8.91. The summed E-state index contributed by atoms with van der Waals surface area (Å²) in [7, 11) is 0. The van der Waals surface area contributed by atoms with E-state index in [0.29, 0.717) is 5.82 Å². The summed E-state index contributed by atoms with van der Waals surface area (Å²) >= 11 is 0. The number of aromatic nitrogens is 2. The van der Waals surface area contributed by atoms with E-state index in [0.717, 1.165) is 17.2 Å². The number of carbonyl (C=O) groups excluding carboxylic acids is 1. The summed E-state index contributed by atoms with van der Waals surface area (Å²) in [5.74, 6) is -1.16. The predicted octanol–water partition coefficient (Wildman–Crippen LogP) is 4.40. The lowest BCUT2D eigenvalue weighted by Crippen LogP contribution is -2.33. The third kappa shape index (κ3) is 5.34. The lowest BCUT2D eigenvalue weighted by Gasteiger charge is -2.12. The van der Waals surface area contributed by atoms with E-state index >= 15 is 0 Å². The number of hydrogen-bond acceptors (Lipinski definition) is 5. The minimum Gasteiger partial charge on any atom is -0.376 e. The standard InChI is InChI=1S/C20H18F4N4O2/c1-11-4-3-5-13(6-11)18-27-17(30-28-18)9-25-16-8-14(7-15(21)12(16)2)19(29)26-10-20(22,23)24/h3-8,25H,9-10H2,1-2H3,(H,26,29). The number of alkyl halides is 3. The number of benzene rings is 2. The molecule has 3 aromatic rings. The van der Waals surface area contributed by atoms with Crippen LogP contribution < -0.4 is 10.6 Å². The SMILES string of the molecule is Cc1cccc(-c2noc(CNc3cc(C(=O)NCC(F)(F)F)cc(F)c3C)n2)c1. The molecule has 10 heteroatoms. The number of hydrogen-bond donors (Lipinski definition) is 2. The average Bonchev–Trinajstić information content (AvgIpc) is 3.15. The van der Waals surface area contributed by atoms with Crippen molar-refractivity contribution in [1.29, 1.82) is 0 Å². The highest BCUT2D eigenvalue weighted by atomic mass is 19.4. The van der Waals surface area contributed by atoms with E-state index in [9.17, 15) is 22.4 Å². The van der Waals surface area contributed by atoms with Gasteiger partial charge in [0.1, 0.15) is 12.4 Å². The quantitative estimate of drug-likeness (QED) is 0.576. The molecule has 0 aliphatic rings. The number of nitrogens with one attached hydrogen (secondary N) is 2. The zero-order valence-electron chi connectivity index (χ0n) is 16.1. The van der Waals surface area contributed by atoms with Gasteiger partial charge in [-0.2, -0.15) is 18.2 Å². The van der Waals surface area contributed by atoms with Gasteiger partial charge in [0.25, 0.3) is 5.91 Å². The number of aryl methyl sites for hydroxylation is 1.